The Balaban J connectivity index is 1.80. The average molecular weight is 845 g/mol. The zero-order valence-corrected chi connectivity index (χ0v) is 38.2. The van der Waals surface area contributed by atoms with Gasteiger partial charge in [-0.2, -0.15) is 0 Å². The highest BCUT2D eigenvalue weighted by molar-refractivity contribution is 5.90. The predicted octanol–water partition coefficient (Wildman–Crippen LogP) is 3.28. The number of nitrogens with one attached hydrogen (secondary N) is 2. The van der Waals surface area contributed by atoms with E-state index in [2.05, 4.69) is 10.6 Å². The molecule has 15 heteroatoms. The highest BCUT2D eigenvalue weighted by Crippen LogP contribution is 2.30. The van der Waals surface area contributed by atoms with E-state index in [-0.39, 0.29) is 60.3 Å². The van der Waals surface area contributed by atoms with Gasteiger partial charge in [0.25, 0.3) is 5.91 Å². The van der Waals surface area contributed by atoms with Crippen molar-refractivity contribution in [2.24, 2.45) is 23.7 Å². The molecule has 1 aromatic rings. The van der Waals surface area contributed by atoms with Crippen molar-refractivity contribution in [3.05, 3.63) is 35.9 Å². The number of likely N-dealkylation sites (tertiary alicyclic amines) is 1. The number of amides is 5. The van der Waals surface area contributed by atoms with E-state index in [4.69, 9.17) is 14.3 Å². The number of carbonyl (C=O) groups is 5. The molecule has 2 aliphatic rings. The number of hydroxylamine groups is 2. The maximum atomic E-state index is 14.4. The first-order valence-electron chi connectivity index (χ1n) is 22.0. The molecule has 0 saturated carbocycles. The van der Waals surface area contributed by atoms with Crippen molar-refractivity contribution in [3.63, 3.8) is 0 Å². The molecule has 0 aliphatic carbocycles. The largest absolute Gasteiger partial charge is 0.395 e. The molecule has 3 N–H and O–H groups in total. The summed E-state index contributed by atoms with van der Waals surface area (Å²) in [4.78, 5) is 81.0. The quantitative estimate of drug-likeness (QED) is 0.149. The van der Waals surface area contributed by atoms with Gasteiger partial charge in [-0.3, -0.25) is 33.7 Å². The van der Waals surface area contributed by atoms with Crippen molar-refractivity contribution in [1.82, 2.24) is 30.4 Å². The van der Waals surface area contributed by atoms with Crippen molar-refractivity contribution < 1.29 is 43.4 Å². The lowest BCUT2D eigenvalue weighted by Gasteiger charge is -2.41. The van der Waals surface area contributed by atoms with Gasteiger partial charge < -0.3 is 35.0 Å². The zero-order chi connectivity index (χ0) is 44.7. The Labute approximate surface area is 359 Å². The molecule has 9 atom stereocenters. The van der Waals surface area contributed by atoms with E-state index in [1.807, 2.05) is 71.9 Å². The van der Waals surface area contributed by atoms with Gasteiger partial charge in [-0.1, -0.05) is 85.2 Å². The van der Waals surface area contributed by atoms with Gasteiger partial charge in [0.1, 0.15) is 12.1 Å². The van der Waals surface area contributed by atoms with Crippen molar-refractivity contribution in [3.8, 4) is 0 Å². The summed E-state index contributed by atoms with van der Waals surface area (Å²) in [7, 11) is 6.58. The summed E-state index contributed by atoms with van der Waals surface area (Å²) in [6.07, 6.45) is 2.68. The molecule has 0 bridgehead atoms. The van der Waals surface area contributed by atoms with Gasteiger partial charge in [0, 0.05) is 47.3 Å². The number of ether oxygens (including phenoxy) is 2. The topological polar surface area (TPSA) is 170 Å². The average Bonchev–Trinajstić information content (AvgIpc) is 3.72. The monoisotopic (exact) mass is 845 g/mol. The summed E-state index contributed by atoms with van der Waals surface area (Å²) >= 11 is 0. The Morgan fingerprint density at radius 3 is 2.13 bits per heavy atom. The number of aliphatic hydroxyl groups excluding tert-OH is 1. The highest BCUT2D eigenvalue weighted by atomic mass is 16.7. The highest BCUT2D eigenvalue weighted by Gasteiger charge is 2.44. The maximum Gasteiger partial charge on any atom is 0.269 e. The normalized spacial score (nSPS) is 19.9. The lowest BCUT2D eigenvalue weighted by atomic mass is 9.89. The van der Waals surface area contributed by atoms with Crippen LogP contribution in [-0.2, 0) is 44.7 Å². The maximum absolute atomic E-state index is 14.4. The fourth-order valence-electron chi connectivity index (χ4n) is 8.88. The predicted molar refractivity (Wildman–Crippen MR) is 230 cm³/mol. The summed E-state index contributed by atoms with van der Waals surface area (Å²) in [6, 6.07) is 6.39. The van der Waals surface area contributed by atoms with E-state index in [1.54, 1.807) is 49.9 Å². The molecule has 15 nitrogen and oxygen atoms in total. The number of hydrogen-bond acceptors (Lipinski definition) is 10. The second-order valence-electron chi connectivity index (χ2n) is 17.4. The summed E-state index contributed by atoms with van der Waals surface area (Å²) in [6.45, 7) is 15.1. The fraction of sp³-hybridized carbons (Fsp3) is 0.756. The van der Waals surface area contributed by atoms with Crippen LogP contribution in [0.2, 0.25) is 0 Å². The number of aliphatic hydroxyl groups is 1. The second-order valence-corrected chi connectivity index (χ2v) is 17.4. The van der Waals surface area contributed by atoms with Gasteiger partial charge >= 0.3 is 0 Å². The number of hydrogen-bond donors (Lipinski definition) is 3. The number of methoxy groups -OCH3 is 2. The van der Waals surface area contributed by atoms with Crippen LogP contribution in [0.5, 0.6) is 0 Å². The summed E-state index contributed by atoms with van der Waals surface area (Å²) < 4.78 is 12.1. The molecule has 2 fully saturated rings. The minimum atomic E-state index is -0.855. The van der Waals surface area contributed by atoms with E-state index in [0.717, 1.165) is 24.8 Å². The Morgan fingerprint density at radius 1 is 0.900 bits per heavy atom. The molecule has 2 heterocycles. The van der Waals surface area contributed by atoms with Gasteiger partial charge in [-0.05, 0) is 56.0 Å². The van der Waals surface area contributed by atoms with Crippen LogP contribution in [0.15, 0.2) is 30.3 Å². The first-order chi connectivity index (χ1) is 28.5. The van der Waals surface area contributed by atoms with E-state index in [1.165, 1.54) is 5.06 Å². The van der Waals surface area contributed by atoms with Crippen LogP contribution in [-0.4, -0.2) is 158 Å². The molecule has 3 rings (SSSR count). The van der Waals surface area contributed by atoms with E-state index in [9.17, 15) is 29.1 Å². The van der Waals surface area contributed by atoms with Gasteiger partial charge in [-0.15, -0.1) is 0 Å². The van der Waals surface area contributed by atoms with Gasteiger partial charge in [0.05, 0.1) is 55.9 Å². The molecule has 340 valence electrons. The van der Waals surface area contributed by atoms with Gasteiger partial charge in [-0.25, -0.2) is 5.06 Å². The number of benzene rings is 1. The van der Waals surface area contributed by atoms with Gasteiger partial charge in [0.15, 0.2) is 0 Å². The smallest absolute Gasteiger partial charge is 0.269 e. The van der Waals surface area contributed by atoms with Crippen LogP contribution < -0.4 is 10.6 Å². The number of likely N-dealkylation sites (N-methyl/N-ethyl adjacent to an activating group) is 2. The van der Waals surface area contributed by atoms with Crippen LogP contribution in [0, 0.1) is 23.7 Å². The van der Waals surface area contributed by atoms with E-state index in [0.29, 0.717) is 45.5 Å². The Morgan fingerprint density at radius 2 is 1.58 bits per heavy atom. The Hall–Kier alpha value is -3.63. The van der Waals surface area contributed by atoms with Crippen LogP contribution >= 0.6 is 0 Å². The summed E-state index contributed by atoms with van der Waals surface area (Å²) in [5.74, 6) is -2.47. The van der Waals surface area contributed by atoms with E-state index >= 15 is 0 Å². The fourth-order valence-corrected chi connectivity index (χ4v) is 8.88. The molecule has 0 unspecified atom stereocenters. The number of nitrogens with zero attached hydrogens (tertiary/aromatic N) is 4. The number of carbonyl (C=O) groups excluding carboxylic acids is 5. The standard InChI is InChI=1S/C45H76N6O9/c1-12-31(6)40(49(9)45(57)38(29(2)3)47-43(55)39(30(4)5)48(8)24-25-52)36(58-10)28-37(53)50-22-18-21-35(50)41(59-11)32(7)42(54)46-34(27-33-19-14-13-15-20-33)44(56)51-23-16-17-26-60-51/h13-15,19-20,29-32,34-36,38-41,52H,12,16-18,21-28H2,1-11H3,(H,46,54)(H,47,55)/t31-,32+,34-,35-,36+,38-,39-,40-,41+/m0/s1. The SMILES string of the molecule is CC[C@H](C)[C@@H]([C@@H](CC(=O)N1CCC[C@H]1[C@H](OC)[C@@H](C)C(=O)N[C@@H](Cc1ccccc1)C(=O)N1CCCCO1)OC)N(C)C(=O)[C@@H](NC(=O)[C@H](C(C)C)N(C)CCO)C(C)C. The molecular weight excluding hydrogens is 769 g/mol. The number of rotatable bonds is 23. The first kappa shape index (κ1) is 50.7. The first-order valence-corrected chi connectivity index (χ1v) is 22.0. The third kappa shape index (κ3) is 13.4. The summed E-state index contributed by atoms with van der Waals surface area (Å²) in [5.41, 5.74) is 0.902. The van der Waals surface area contributed by atoms with Crippen molar-refractivity contribution >= 4 is 29.5 Å². The Bertz CT molecular complexity index is 1510. The van der Waals surface area contributed by atoms with Crippen molar-refractivity contribution in [2.45, 2.75) is 136 Å². The minimum Gasteiger partial charge on any atom is -0.395 e. The Kier molecular flexibility index (Phi) is 20.9. The van der Waals surface area contributed by atoms with Crippen molar-refractivity contribution in [2.75, 3.05) is 61.2 Å². The molecule has 60 heavy (non-hydrogen) atoms. The van der Waals surface area contributed by atoms with E-state index < -0.39 is 48.3 Å². The van der Waals surface area contributed by atoms with Crippen molar-refractivity contribution in [1.29, 1.82) is 0 Å². The molecule has 0 spiro atoms. The molecule has 1 aromatic carbocycles. The summed E-state index contributed by atoms with van der Waals surface area (Å²) in [5, 5.41) is 16.9. The lowest BCUT2D eigenvalue weighted by Crippen LogP contribution is -2.60. The minimum absolute atomic E-state index is 0.0137. The third-order valence-corrected chi connectivity index (χ3v) is 12.5. The second kappa shape index (κ2) is 24.7. The molecular formula is C45H76N6O9. The van der Waals surface area contributed by atoms with Crippen LogP contribution in [0.3, 0.4) is 0 Å². The third-order valence-electron chi connectivity index (χ3n) is 12.5. The van der Waals surface area contributed by atoms with Crippen LogP contribution in [0.4, 0.5) is 0 Å². The molecule has 2 aliphatic heterocycles. The molecule has 0 radical (unpaired) electrons. The zero-order valence-electron chi connectivity index (χ0n) is 38.2. The molecule has 0 aromatic heterocycles. The van der Waals surface area contributed by atoms with Crippen LogP contribution in [0.25, 0.3) is 0 Å². The molecule has 5 amide bonds. The molecule has 2 saturated heterocycles. The van der Waals surface area contributed by atoms with Crippen LogP contribution in [0.1, 0.15) is 92.6 Å². The van der Waals surface area contributed by atoms with Gasteiger partial charge in [0.2, 0.25) is 23.6 Å². The lowest BCUT2D eigenvalue weighted by molar-refractivity contribution is -0.199.